The van der Waals surface area contributed by atoms with Gasteiger partial charge in [-0.1, -0.05) is 13.8 Å². The maximum atomic E-state index is 11.8. The minimum Gasteiger partial charge on any atom is -0.336 e. The first-order chi connectivity index (χ1) is 6.38. The Labute approximate surface area is 86.6 Å². The van der Waals surface area contributed by atoms with E-state index in [4.69, 9.17) is 5.73 Å². The highest BCUT2D eigenvalue weighted by Gasteiger charge is 2.38. The minimum absolute atomic E-state index is 0.180. The Hall–Kier alpha value is -0.570. The number of amides is 1. The second-order valence-corrected chi connectivity index (χ2v) is 5.23. The van der Waals surface area contributed by atoms with E-state index < -0.39 is 0 Å². The molecule has 0 aromatic heterocycles. The van der Waals surface area contributed by atoms with E-state index >= 15 is 0 Å². The molecule has 1 atom stereocenters. The summed E-state index contributed by atoms with van der Waals surface area (Å²) in [5, 5.41) is 0. The van der Waals surface area contributed by atoms with Crippen LogP contribution < -0.4 is 5.73 Å². The highest BCUT2D eigenvalue weighted by atomic mass is 16.2. The van der Waals surface area contributed by atoms with Crippen molar-refractivity contribution in [2.75, 3.05) is 13.1 Å². The van der Waals surface area contributed by atoms with Crippen LogP contribution in [0.1, 0.15) is 34.1 Å². The van der Waals surface area contributed by atoms with Gasteiger partial charge in [-0.05, 0) is 25.7 Å². The lowest BCUT2D eigenvalue weighted by Crippen LogP contribution is -2.50. The van der Waals surface area contributed by atoms with Crippen molar-refractivity contribution in [3.8, 4) is 0 Å². The Morgan fingerprint density at radius 1 is 1.57 bits per heavy atom. The third-order valence-electron chi connectivity index (χ3n) is 3.33. The zero-order chi connectivity index (χ0) is 10.9. The van der Waals surface area contributed by atoms with Crippen LogP contribution >= 0.6 is 0 Å². The third-order valence-corrected chi connectivity index (χ3v) is 3.33. The van der Waals surface area contributed by atoms with Crippen LogP contribution in [0.4, 0.5) is 0 Å². The molecule has 3 heteroatoms. The average molecular weight is 198 g/mol. The van der Waals surface area contributed by atoms with Gasteiger partial charge in [0, 0.05) is 25.0 Å². The fraction of sp³-hybridized carbons (Fsp3) is 0.909. The van der Waals surface area contributed by atoms with Gasteiger partial charge in [0.25, 0.3) is 0 Å². The number of nitrogens with two attached hydrogens (primary N) is 1. The normalized spacial score (nSPS) is 23.7. The fourth-order valence-electron chi connectivity index (χ4n) is 1.88. The predicted molar refractivity (Wildman–Crippen MR) is 57.8 cm³/mol. The summed E-state index contributed by atoms with van der Waals surface area (Å²) in [6, 6.07) is 0. The van der Waals surface area contributed by atoms with Gasteiger partial charge in [-0.15, -0.1) is 0 Å². The van der Waals surface area contributed by atoms with Gasteiger partial charge in [-0.25, -0.2) is 0 Å². The van der Waals surface area contributed by atoms with Crippen molar-refractivity contribution < 1.29 is 4.79 Å². The minimum atomic E-state index is -0.180. The molecule has 2 N–H and O–H groups in total. The summed E-state index contributed by atoms with van der Waals surface area (Å²) in [4.78, 5) is 13.7. The number of rotatable bonds is 3. The van der Waals surface area contributed by atoms with Gasteiger partial charge in [0.15, 0.2) is 0 Å². The molecular formula is C11H22N2O. The maximum Gasteiger partial charge on any atom is 0.223 e. The summed E-state index contributed by atoms with van der Waals surface area (Å²) in [6.07, 6.45) is 0.696. The predicted octanol–water partition coefficient (Wildman–Crippen LogP) is 1.23. The van der Waals surface area contributed by atoms with E-state index in [1.165, 1.54) is 0 Å². The van der Waals surface area contributed by atoms with E-state index in [9.17, 15) is 4.79 Å². The fourth-order valence-corrected chi connectivity index (χ4v) is 1.88. The van der Waals surface area contributed by atoms with Crippen molar-refractivity contribution in [3.05, 3.63) is 0 Å². The standard InChI is InChI=1S/C11H22N2O/c1-8(2)9-5-10(14)13(6-9)11(3,4)7-12/h8-9H,5-7,12H2,1-4H3. The Morgan fingerprint density at radius 2 is 2.14 bits per heavy atom. The molecule has 1 aliphatic heterocycles. The number of nitrogens with zero attached hydrogens (tertiary/aromatic N) is 1. The van der Waals surface area contributed by atoms with E-state index in [2.05, 4.69) is 13.8 Å². The molecule has 1 heterocycles. The van der Waals surface area contributed by atoms with Crippen LogP contribution in [0.25, 0.3) is 0 Å². The SMILES string of the molecule is CC(C)C1CC(=O)N(C(C)(C)CN)C1. The van der Waals surface area contributed by atoms with Gasteiger partial charge >= 0.3 is 0 Å². The van der Waals surface area contributed by atoms with Crippen molar-refractivity contribution in [1.82, 2.24) is 4.90 Å². The first-order valence-corrected chi connectivity index (χ1v) is 5.39. The van der Waals surface area contributed by atoms with Gasteiger partial charge in [0.2, 0.25) is 5.91 Å². The average Bonchev–Trinajstić information content (AvgIpc) is 2.48. The van der Waals surface area contributed by atoms with Crippen LogP contribution in [0.15, 0.2) is 0 Å². The molecule has 0 aromatic carbocycles. The van der Waals surface area contributed by atoms with Crippen LogP contribution in [0.3, 0.4) is 0 Å². The summed E-state index contributed by atoms with van der Waals surface area (Å²) in [5.41, 5.74) is 5.50. The second-order valence-electron chi connectivity index (χ2n) is 5.23. The molecule has 0 aliphatic carbocycles. The summed E-state index contributed by atoms with van der Waals surface area (Å²) in [6.45, 7) is 9.83. The molecule has 1 fully saturated rings. The van der Waals surface area contributed by atoms with Crippen LogP contribution in [-0.4, -0.2) is 29.4 Å². The van der Waals surface area contributed by atoms with Crippen LogP contribution in [-0.2, 0) is 4.79 Å². The van der Waals surface area contributed by atoms with Crippen molar-refractivity contribution in [2.45, 2.75) is 39.7 Å². The molecule has 1 amide bonds. The summed E-state index contributed by atoms with van der Waals surface area (Å²) >= 11 is 0. The molecule has 1 unspecified atom stereocenters. The topological polar surface area (TPSA) is 46.3 Å². The third kappa shape index (κ3) is 2.08. The lowest BCUT2D eigenvalue weighted by atomic mass is 9.95. The van der Waals surface area contributed by atoms with Crippen molar-refractivity contribution in [3.63, 3.8) is 0 Å². The molecule has 0 saturated carbocycles. The van der Waals surface area contributed by atoms with Crippen LogP contribution in [0.5, 0.6) is 0 Å². The van der Waals surface area contributed by atoms with Gasteiger partial charge < -0.3 is 10.6 Å². The van der Waals surface area contributed by atoms with Crippen molar-refractivity contribution >= 4 is 5.91 Å². The molecule has 3 nitrogen and oxygen atoms in total. The monoisotopic (exact) mass is 198 g/mol. The van der Waals surface area contributed by atoms with E-state index in [-0.39, 0.29) is 11.4 Å². The number of carbonyl (C=O) groups excluding carboxylic acids is 1. The Bertz CT molecular complexity index is 223. The molecule has 0 bridgehead atoms. The summed E-state index contributed by atoms with van der Waals surface area (Å²) in [5.74, 6) is 1.35. The van der Waals surface area contributed by atoms with E-state index in [1.807, 2.05) is 18.7 Å². The summed E-state index contributed by atoms with van der Waals surface area (Å²) < 4.78 is 0. The first kappa shape index (κ1) is 11.5. The smallest absolute Gasteiger partial charge is 0.223 e. The number of likely N-dealkylation sites (tertiary alicyclic amines) is 1. The zero-order valence-electron chi connectivity index (χ0n) is 9.71. The number of carbonyl (C=O) groups is 1. The van der Waals surface area contributed by atoms with Crippen LogP contribution in [0.2, 0.25) is 0 Å². The van der Waals surface area contributed by atoms with E-state index in [1.54, 1.807) is 0 Å². The molecule has 1 saturated heterocycles. The zero-order valence-corrected chi connectivity index (χ0v) is 9.71. The molecule has 0 radical (unpaired) electrons. The molecule has 0 aromatic rings. The van der Waals surface area contributed by atoms with E-state index in [0.29, 0.717) is 24.8 Å². The van der Waals surface area contributed by atoms with Gasteiger partial charge in [0.05, 0.1) is 0 Å². The number of hydrogen-bond donors (Lipinski definition) is 1. The lowest BCUT2D eigenvalue weighted by Gasteiger charge is -2.35. The Balaban J connectivity index is 2.70. The maximum absolute atomic E-state index is 11.8. The first-order valence-electron chi connectivity index (χ1n) is 5.39. The quantitative estimate of drug-likeness (QED) is 0.741. The molecule has 82 valence electrons. The lowest BCUT2D eigenvalue weighted by molar-refractivity contribution is -0.131. The van der Waals surface area contributed by atoms with Gasteiger partial charge in [-0.3, -0.25) is 4.79 Å². The van der Waals surface area contributed by atoms with Crippen LogP contribution in [0, 0.1) is 11.8 Å². The molecule has 14 heavy (non-hydrogen) atoms. The number of hydrogen-bond acceptors (Lipinski definition) is 2. The molecule has 1 aliphatic rings. The highest BCUT2D eigenvalue weighted by Crippen LogP contribution is 2.29. The van der Waals surface area contributed by atoms with Crippen molar-refractivity contribution in [2.24, 2.45) is 17.6 Å². The molecular weight excluding hydrogens is 176 g/mol. The van der Waals surface area contributed by atoms with Gasteiger partial charge in [-0.2, -0.15) is 0 Å². The second kappa shape index (κ2) is 3.89. The largest absolute Gasteiger partial charge is 0.336 e. The van der Waals surface area contributed by atoms with Crippen molar-refractivity contribution in [1.29, 1.82) is 0 Å². The molecule has 0 spiro atoms. The Kier molecular flexibility index (Phi) is 3.20. The highest BCUT2D eigenvalue weighted by molar-refractivity contribution is 5.79. The Morgan fingerprint density at radius 3 is 2.50 bits per heavy atom. The van der Waals surface area contributed by atoms with Gasteiger partial charge in [0.1, 0.15) is 0 Å². The summed E-state index contributed by atoms with van der Waals surface area (Å²) in [7, 11) is 0. The van der Waals surface area contributed by atoms with E-state index in [0.717, 1.165) is 6.54 Å². The molecule has 1 rings (SSSR count).